The molecule has 3 nitrogen and oxygen atoms in total. The van der Waals surface area contributed by atoms with Gasteiger partial charge in [0.05, 0.1) is 0 Å². The Morgan fingerprint density at radius 2 is 2.22 bits per heavy atom. The summed E-state index contributed by atoms with van der Waals surface area (Å²) in [6.45, 7) is 3.25. The maximum Gasteiger partial charge on any atom is 0.216 e. The molecule has 1 unspecified atom stereocenters. The summed E-state index contributed by atoms with van der Waals surface area (Å²) in [6, 6.07) is 0. The molecule has 0 rings (SSSR count). The number of hydrogen-bond donors (Lipinski definition) is 1. The molecular weight excluding hydrogens is 162 g/mol. The lowest BCUT2D eigenvalue weighted by Crippen LogP contribution is -2.27. The van der Waals surface area contributed by atoms with E-state index in [1.54, 1.807) is 0 Å². The van der Waals surface area contributed by atoms with E-state index < -0.39 is 15.3 Å². The number of hydrogen-bond acceptors (Lipinski definition) is 2. The first-order valence-electron chi connectivity index (χ1n) is 2.22. The van der Waals surface area contributed by atoms with Crippen LogP contribution in [-0.4, -0.2) is 19.5 Å². The van der Waals surface area contributed by atoms with Gasteiger partial charge in [0, 0.05) is 5.88 Å². The fourth-order valence-electron chi connectivity index (χ4n) is 0.285. The number of primary sulfonamides is 1. The van der Waals surface area contributed by atoms with E-state index in [0.717, 1.165) is 0 Å². The Bertz CT molecular complexity index is 187. The largest absolute Gasteiger partial charge is 0.228 e. The van der Waals surface area contributed by atoms with Gasteiger partial charge in [0.1, 0.15) is 5.25 Å². The molecule has 0 saturated heterocycles. The predicted octanol–water partition coefficient (Wildman–Crippen LogP) is 0.0683. The van der Waals surface area contributed by atoms with Crippen molar-refractivity contribution in [2.24, 2.45) is 5.14 Å². The third kappa shape index (κ3) is 2.84. The van der Waals surface area contributed by atoms with Crippen LogP contribution in [0.2, 0.25) is 0 Å². The molecule has 0 aromatic rings. The van der Waals surface area contributed by atoms with Gasteiger partial charge in [-0.25, -0.2) is 13.6 Å². The molecule has 0 spiro atoms. The van der Waals surface area contributed by atoms with Crippen molar-refractivity contribution in [3.05, 3.63) is 12.7 Å². The molecule has 0 aromatic carbocycles. The van der Waals surface area contributed by atoms with Gasteiger partial charge in [-0.1, -0.05) is 6.08 Å². The maximum atomic E-state index is 10.4. The zero-order chi connectivity index (χ0) is 7.49. The minimum Gasteiger partial charge on any atom is -0.228 e. The maximum absolute atomic E-state index is 10.4. The molecule has 0 aromatic heterocycles. The highest BCUT2D eigenvalue weighted by molar-refractivity contribution is 7.90. The molecule has 0 heterocycles. The van der Waals surface area contributed by atoms with Crippen molar-refractivity contribution >= 4 is 21.6 Å². The average Bonchev–Trinajstić information content (AvgIpc) is 1.65. The standard InChI is InChI=1S/C4H8ClNO2S/c1-2-4(3-5)9(6,7)8/h2,4H,1,3H2,(H2,6,7,8). The fraction of sp³-hybridized carbons (Fsp3) is 0.500. The van der Waals surface area contributed by atoms with Crippen LogP contribution in [0.4, 0.5) is 0 Å². The summed E-state index contributed by atoms with van der Waals surface area (Å²) in [4.78, 5) is 0. The quantitative estimate of drug-likeness (QED) is 0.480. The minimum absolute atomic E-state index is 0.0394. The average molecular weight is 170 g/mol. The summed E-state index contributed by atoms with van der Waals surface area (Å²) in [5.74, 6) is -0.0394. The summed E-state index contributed by atoms with van der Waals surface area (Å²) in [5.41, 5.74) is 0. The third-order valence-electron chi connectivity index (χ3n) is 0.837. The molecule has 0 aliphatic rings. The first kappa shape index (κ1) is 8.94. The Balaban J connectivity index is 4.32. The molecule has 54 valence electrons. The molecule has 0 aliphatic heterocycles. The number of nitrogens with two attached hydrogens (primary N) is 1. The van der Waals surface area contributed by atoms with Crippen molar-refractivity contribution in [1.29, 1.82) is 0 Å². The van der Waals surface area contributed by atoms with Gasteiger partial charge in [-0.2, -0.15) is 0 Å². The van der Waals surface area contributed by atoms with Crippen LogP contribution in [0, 0.1) is 0 Å². The Hall–Kier alpha value is -0.0600. The summed E-state index contributed by atoms with van der Waals surface area (Å²) in [6.07, 6.45) is 1.21. The minimum atomic E-state index is -3.52. The van der Waals surface area contributed by atoms with Crippen molar-refractivity contribution in [1.82, 2.24) is 0 Å². The highest BCUT2D eigenvalue weighted by atomic mass is 35.5. The Labute approximate surface area is 59.5 Å². The Kier molecular flexibility index (Phi) is 3.17. The molecule has 0 saturated carbocycles. The van der Waals surface area contributed by atoms with Crippen molar-refractivity contribution in [2.45, 2.75) is 5.25 Å². The van der Waals surface area contributed by atoms with Gasteiger partial charge in [-0.3, -0.25) is 0 Å². The number of halogens is 1. The van der Waals surface area contributed by atoms with E-state index >= 15 is 0 Å². The zero-order valence-corrected chi connectivity index (χ0v) is 6.32. The fourth-order valence-corrected chi connectivity index (χ4v) is 1.38. The topological polar surface area (TPSA) is 60.2 Å². The second kappa shape index (κ2) is 3.20. The smallest absolute Gasteiger partial charge is 0.216 e. The highest BCUT2D eigenvalue weighted by Crippen LogP contribution is 1.98. The van der Waals surface area contributed by atoms with Crippen LogP contribution in [-0.2, 0) is 10.0 Å². The molecule has 5 heteroatoms. The molecule has 0 radical (unpaired) electrons. The summed E-state index contributed by atoms with van der Waals surface area (Å²) in [5, 5.41) is 3.90. The summed E-state index contributed by atoms with van der Waals surface area (Å²) >= 11 is 5.22. The normalized spacial score (nSPS) is 14.9. The lowest BCUT2D eigenvalue weighted by molar-refractivity contribution is 0.593. The van der Waals surface area contributed by atoms with Crippen molar-refractivity contribution < 1.29 is 8.42 Å². The van der Waals surface area contributed by atoms with Crippen LogP contribution in [0.25, 0.3) is 0 Å². The lowest BCUT2D eigenvalue weighted by Gasteiger charge is -2.02. The third-order valence-corrected chi connectivity index (χ3v) is 2.56. The lowest BCUT2D eigenvalue weighted by atomic mass is 10.5. The predicted molar refractivity (Wildman–Crippen MR) is 37.8 cm³/mol. The van der Waals surface area contributed by atoms with Crippen LogP contribution in [0.3, 0.4) is 0 Å². The number of rotatable bonds is 3. The number of alkyl halides is 1. The van der Waals surface area contributed by atoms with Gasteiger partial charge in [0.15, 0.2) is 0 Å². The van der Waals surface area contributed by atoms with Crippen LogP contribution < -0.4 is 5.14 Å². The molecule has 0 fully saturated rings. The van der Waals surface area contributed by atoms with Crippen LogP contribution >= 0.6 is 11.6 Å². The zero-order valence-electron chi connectivity index (χ0n) is 4.75. The van der Waals surface area contributed by atoms with E-state index in [0.29, 0.717) is 0 Å². The molecule has 9 heavy (non-hydrogen) atoms. The van der Waals surface area contributed by atoms with E-state index in [9.17, 15) is 8.42 Å². The molecule has 1 atom stereocenters. The van der Waals surface area contributed by atoms with E-state index in [1.165, 1.54) is 6.08 Å². The molecule has 0 bridgehead atoms. The highest BCUT2D eigenvalue weighted by Gasteiger charge is 2.14. The molecule has 2 N–H and O–H groups in total. The monoisotopic (exact) mass is 169 g/mol. The van der Waals surface area contributed by atoms with E-state index in [1.807, 2.05) is 0 Å². The Morgan fingerprint density at radius 3 is 2.22 bits per heavy atom. The van der Waals surface area contributed by atoms with Gasteiger partial charge in [-0.05, 0) is 0 Å². The van der Waals surface area contributed by atoms with Crippen molar-refractivity contribution in [2.75, 3.05) is 5.88 Å². The first-order chi connectivity index (χ1) is 4.02. The van der Waals surface area contributed by atoms with Gasteiger partial charge < -0.3 is 0 Å². The second-order valence-corrected chi connectivity index (χ2v) is 3.61. The van der Waals surface area contributed by atoms with Gasteiger partial charge in [0.2, 0.25) is 10.0 Å². The Morgan fingerprint density at radius 1 is 1.78 bits per heavy atom. The molecule has 0 aliphatic carbocycles. The first-order valence-corrected chi connectivity index (χ1v) is 4.37. The molecular formula is C4H8ClNO2S. The van der Waals surface area contributed by atoms with Crippen LogP contribution in [0.1, 0.15) is 0 Å². The van der Waals surface area contributed by atoms with Crippen molar-refractivity contribution in [3.63, 3.8) is 0 Å². The van der Waals surface area contributed by atoms with Crippen molar-refractivity contribution in [3.8, 4) is 0 Å². The van der Waals surface area contributed by atoms with Crippen LogP contribution in [0.5, 0.6) is 0 Å². The van der Waals surface area contributed by atoms with Crippen LogP contribution in [0.15, 0.2) is 12.7 Å². The van der Waals surface area contributed by atoms with Gasteiger partial charge in [0.25, 0.3) is 0 Å². The SMILES string of the molecule is C=CC(CCl)S(N)(=O)=O. The summed E-state index contributed by atoms with van der Waals surface area (Å²) < 4.78 is 20.8. The van der Waals surface area contributed by atoms with E-state index in [-0.39, 0.29) is 5.88 Å². The van der Waals surface area contributed by atoms with E-state index in [2.05, 4.69) is 6.58 Å². The van der Waals surface area contributed by atoms with Gasteiger partial charge >= 0.3 is 0 Å². The molecule has 0 amide bonds. The second-order valence-electron chi connectivity index (χ2n) is 1.52. The number of sulfonamides is 1. The summed E-state index contributed by atoms with van der Waals surface area (Å²) in [7, 11) is -3.52. The van der Waals surface area contributed by atoms with E-state index in [4.69, 9.17) is 16.7 Å². The van der Waals surface area contributed by atoms with Gasteiger partial charge in [-0.15, -0.1) is 18.2 Å².